The molecular weight excluding hydrogens is 389 g/mol. The molecule has 1 aliphatic rings. The summed E-state index contributed by atoms with van der Waals surface area (Å²) < 4.78 is 54.9. The lowest BCUT2D eigenvalue weighted by Crippen LogP contribution is -2.10. The Balaban J connectivity index is 1.71. The Morgan fingerprint density at radius 3 is 2.40 bits per heavy atom. The molecule has 3 aromatic carbocycles. The average Bonchev–Trinajstić information content (AvgIpc) is 2.76. The third-order valence-corrected chi connectivity index (χ3v) is 5.13. The third kappa shape index (κ3) is 3.56. The van der Waals surface area contributed by atoms with Crippen molar-refractivity contribution < 1.29 is 22.6 Å². The molecule has 0 saturated carbocycles. The van der Waals surface area contributed by atoms with Gasteiger partial charge in [-0.25, -0.2) is 4.39 Å². The van der Waals surface area contributed by atoms with Gasteiger partial charge in [0.25, 0.3) is 0 Å². The van der Waals surface area contributed by atoms with Crippen molar-refractivity contribution >= 4 is 0 Å². The summed E-state index contributed by atoms with van der Waals surface area (Å²) in [5.41, 5.74) is 3.19. The number of hydrogen-bond donors (Lipinski definition) is 0. The Hall–Kier alpha value is -3.21. The molecule has 1 heterocycles. The topological polar surface area (TPSA) is 18.5 Å². The molecule has 154 valence electrons. The second-order valence-electron chi connectivity index (χ2n) is 7.23. The molecule has 0 saturated heterocycles. The summed E-state index contributed by atoms with van der Waals surface area (Å²) in [6.45, 7) is 5.64. The zero-order chi connectivity index (χ0) is 21.3. The van der Waals surface area contributed by atoms with Gasteiger partial charge in [0.2, 0.25) is 11.6 Å². The predicted molar refractivity (Wildman–Crippen MR) is 111 cm³/mol. The number of rotatable bonds is 6. The van der Waals surface area contributed by atoms with Crippen LogP contribution in [0.5, 0.6) is 17.2 Å². The fourth-order valence-corrected chi connectivity index (χ4v) is 3.65. The largest absolute Gasteiger partial charge is 0.486 e. The van der Waals surface area contributed by atoms with Crippen molar-refractivity contribution in [2.24, 2.45) is 0 Å². The van der Waals surface area contributed by atoms with E-state index in [1.807, 2.05) is 24.3 Å². The Morgan fingerprint density at radius 2 is 1.70 bits per heavy atom. The van der Waals surface area contributed by atoms with Crippen molar-refractivity contribution in [1.82, 2.24) is 0 Å². The lowest BCUT2D eigenvalue weighted by atomic mass is 9.95. The van der Waals surface area contributed by atoms with E-state index < -0.39 is 17.5 Å². The fourth-order valence-electron chi connectivity index (χ4n) is 3.65. The number of hydrogen-bond acceptors (Lipinski definition) is 2. The molecule has 0 radical (unpaired) electrons. The normalized spacial score (nSPS) is 12.0. The first-order valence-corrected chi connectivity index (χ1v) is 9.86. The van der Waals surface area contributed by atoms with E-state index in [0.717, 1.165) is 12.8 Å². The minimum atomic E-state index is -1.19. The highest BCUT2D eigenvalue weighted by atomic mass is 19.2. The molecular formula is C25H21F3O2. The Kier molecular flexibility index (Phi) is 5.53. The van der Waals surface area contributed by atoms with E-state index in [2.05, 4.69) is 13.5 Å². The van der Waals surface area contributed by atoms with Crippen LogP contribution in [0.25, 0.3) is 11.1 Å². The highest BCUT2D eigenvalue weighted by Crippen LogP contribution is 2.44. The van der Waals surface area contributed by atoms with Crippen LogP contribution in [0.3, 0.4) is 0 Å². The number of ether oxygens (including phenoxy) is 2. The van der Waals surface area contributed by atoms with Crippen molar-refractivity contribution in [3.63, 3.8) is 0 Å². The molecule has 0 atom stereocenters. The van der Waals surface area contributed by atoms with E-state index in [-0.39, 0.29) is 30.3 Å². The second kappa shape index (κ2) is 8.27. The maximum Gasteiger partial charge on any atom is 0.205 e. The molecule has 3 aromatic rings. The van der Waals surface area contributed by atoms with Gasteiger partial charge >= 0.3 is 0 Å². The summed E-state index contributed by atoms with van der Waals surface area (Å²) in [7, 11) is 0. The molecule has 0 aliphatic carbocycles. The van der Waals surface area contributed by atoms with Crippen LogP contribution < -0.4 is 9.47 Å². The minimum Gasteiger partial charge on any atom is -0.486 e. The summed E-state index contributed by atoms with van der Waals surface area (Å²) in [4.78, 5) is 0. The summed E-state index contributed by atoms with van der Waals surface area (Å²) in [6.07, 6.45) is 3.63. The van der Waals surface area contributed by atoms with Crippen LogP contribution in [0.1, 0.15) is 30.0 Å². The smallest absolute Gasteiger partial charge is 0.205 e. The van der Waals surface area contributed by atoms with Crippen LogP contribution in [0, 0.1) is 17.5 Å². The summed E-state index contributed by atoms with van der Waals surface area (Å²) in [5.74, 6) is -3.54. The monoisotopic (exact) mass is 410 g/mol. The van der Waals surface area contributed by atoms with Crippen LogP contribution in [-0.4, -0.2) is 6.61 Å². The molecule has 0 aromatic heterocycles. The zero-order valence-corrected chi connectivity index (χ0v) is 16.6. The molecule has 0 bridgehead atoms. The zero-order valence-electron chi connectivity index (χ0n) is 16.6. The molecule has 0 unspecified atom stereocenters. The minimum absolute atomic E-state index is 0.0433. The maximum atomic E-state index is 15.3. The van der Waals surface area contributed by atoms with Crippen LogP contribution in [0.2, 0.25) is 0 Å². The van der Waals surface area contributed by atoms with Gasteiger partial charge in [-0.2, -0.15) is 8.78 Å². The van der Waals surface area contributed by atoms with Gasteiger partial charge in [-0.3, -0.25) is 0 Å². The van der Waals surface area contributed by atoms with Crippen molar-refractivity contribution in [2.45, 2.75) is 26.2 Å². The standard InChI is InChI=1S/C25H21F3O2/c1-3-5-15-6-8-16(9-7-15)19-11-10-17-13-18-14-20(29-12-4-2)22(27)23(28)25(18)30-24(17)21(19)26/h4,6-11,14H,2-3,5,12-13H2,1H3. The summed E-state index contributed by atoms with van der Waals surface area (Å²) in [5, 5.41) is 0. The summed E-state index contributed by atoms with van der Waals surface area (Å²) >= 11 is 0. The SMILES string of the molecule is C=CCOc1cc2c(c(F)c1F)Oc1c(ccc(-c3ccc(CCC)cc3)c1F)C2. The quantitative estimate of drug-likeness (QED) is 0.319. The van der Waals surface area contributed by atoms with Gasteiger partial charge in [0.15, 0.2) is 23.1 Å². The lowest BCUT2D eigenvalue weighted by Gasteiger charge is -2.23. The van der Waals surface area contributed by atoms with E-state index in [9.17, 15) is 8.78 Å². The molecule has 0 N–H and O–H groups in total. The third-order valence-electron chi connectivity index (χ3n) is 5.13. The van der Waals surface area contributed by atoms with Gasteiger partial charge in [-0.1, -0.05) is 62.4 Å². The molecule has 5 heteroatoms. The molecule has 30 heavy (non-hydrogen) atoms. The van der Waals surface area contributed by atoms with Crippen molar-refractivity contribution in [3.8, 4) is 28.4 Å². The van der Waals surface area contributed by atoms with Gasteiger partial charge in [-0.05, 0) is 23.6 Å². The van der Waals surface area contributed by atoms with Gasteiger partial charge < -0.3 is 9.47 Å². The van der Waals surface area contributed by atoms with Crippen molar-refractivity contribution in [1.29, 1.82) is 0 Å². The molecule has 0 fully saturated rings. The van der Waals surface area contributed by atoms with Crippen LogP contribution in [0.4, 0.5) is 13.2 Å². The molecule has 0 spiro atoms. The first kappa shape index (κ1) is 20.1. The van der Waals surface area contributed by atoms with Crippen LogP contribution >= 0.6 is 0 Å². The highest BCUT2D eigenvalue weighted by Gasteiger charge is 2.29. The first-order valence-electron chi connectivity index (χ1n) is 9.86. The number of fused-ring (bicyclic) bond motifs is 2. The Bertz CT molecular complexity index is 1100. The van der Waals surface area contributed by atoms with E-state index in [0.29, 0.717) is 22.3 Å². The van der Waals surface area contributed by atoms with Gasteiger partial charge in [-0.15, -0.1) is 0 Å². The Labute approximate surface area is 173 Å². The highest BCUT2D eigenvalue weighted by molar-refractivity contribution is 5.69. The predicted octanol–water partition coefficient (Wildman–Crippen LogP) is 6.98. The van der Waals surface area contributed by atoms with Crippen LogP contribution in [-0.2, 0) is 12.8 Å². The average molecular weight is 410 g/mol. The van der Waals surface area contributed by atoms with Crippen LogP contribution in [0.15, 0.2) is 55.1 Å². The second-order valence-corrected chi connectivity index (χ2v) is 7.23. The van der Waals surface area contributed by atoms with Gasteiger partial charge in [0.1, 0.15) is 6.61 Å². The molecule has 1 aliphatic heterocycles. The van der Waals surface area contributed by atoms with Crippen molar-refractivity contribution in [2.75, 3.05) is 6.61 Å². The molecule has 4 rings (SSSR count). The van der Waals surface area contributed by atoms with Gasteiger partial charge in [0, 0.05) is 23.1 Å². The maximum absolute atomic E-state index is 15.3. The summed E-state index contributed by atoms with van der Waals surface area (Å²) in [6, 6.07) is 12.5. The molecule has 2 nitrogen and oxygen atoms in total. The first-order chi connectivity index (χ1) is 14.5. The van der Waals surface area contributed by atoms with Gasteiger partial charge in [0.05, 0.1) is 0 Å². The molecule has 0 amide bonds. The Morgan fingerprint density at radius 1 is 0.967 bits per heavy atom. The van der Waals surface area contributed by atoms with E-state index in [1.165, 1.54) is 17.7 Å². The lowest BCUT2D eigenvalue weighted by molar-refractivity contribution is 0.321. The van der Waals surface area contributed by atoms with E-state index in [1.54, 1.807) is 12.1 Å². The number of aryl methyl sites for hydroxylation is 1. The van der Waals surface area contributed by atoms with E-state index >= 15 is 4.39 Å². The van der Waals surface area contributed by atoms with Crippen molar-refractivity contribution in [3.05, 3.63) is 89.3 Å². The van der Waals surface area contributed by atoms with E-state index in [4.69, 9.17) is 9.47 Å². The number of halogens is 3. The number of benzene rings is 3. The fraction of sp³-hybridized carbons (Fsp3) is 0.200.